The van der Waals surface area contributed by atoms with Crippen LogP contribution in [0.1, 0.15) is 50.6 Å². The van der Waals surface area contributed by atoms with Gasteiger partial charge in [-0.2, -0.15) is 5.26 Å². The Hall–Kier alpha value is -2.52. The second-order valence-corrected chi connectivity index (χ2v) is 6.51. The van der Waals surface area contributed by atoms with Gasteiger partial charge in [0.15, 0.2) is 0 Å². The predicted octanol–water partition coefficient (Wildman–Crippen LogP) is 3.29. The molecule has 0 bridgehead atoms. The number of fused-ring (bicyclic) bond motifs is 3. The minimum Gasteiger partial charge on any atom is -0.385 e. The fourth-order valence-corrected chi connectivity index (χ4v) is 3.74. The van der Waals surface area contributed by atoms with Gasteiger partial charge in [0.1, 0.15) is 23.0 Å². The first kappa shape index (κ1) is 15.0. The molecule has 4 rings (SSSR count). The van der Waals surface area contributed by atoms with Crippen molar-refractivity contribution in [2.75, 3.05) is 0 Å². The number of hydrogen-bond acceptors (Lipinski definition) is 5. The molecule has 0 aliphatic heterocycles. The summed E-state index contributed by atoms with van der Waals surface area (Å²) in [6, 6.07) is 6.42. The lowest BCUT2D eigenvalue weighted by Gasteiger charge is -2.28. The molecule has 1 saturated carbocycles. The maximum absolute atomic E-state index is 10.2. The number of aliphatic hydroxyl groups is 1. The Morgan fingerprint density at radius 1 is 1.25 bits per heavy atom. The minimum absolute atomic E-state index is 0.141. The largest absolute Gasteiger partial charge is 0.385 e. The lowest BCUT2D eigenvalue weighted by atomic mass is 9.86. The summed E-state index contributed by atoms with van der Waals surface area (Å²) in [6.07, 6.45) is 6.45. The van der Waals surface area contributed by atoms with Crippen molar-refractivity contribution in [3.05, 3.63) is 30.4 Å². The third-order valence-corrected chi connectivity index (χ3v) is 4.92. The van der Waals surface area contributed by atoms with E-state index >= 15 is 0 Å². The first-order valence-electron chi connectivity index (χ1n) is 8.38. The zero-order valence-corrected chi connectivity index (χ0v) is 13.6. The highest BCUT2D eigenvalue weighted by molar-refractivity contribution is 5.99. The SMILES string of the molecule is CC(O)c1nc2cnc3cccnc3c2n1C1CCC(C#N)CC1. The highest BCUT2D eigenvalue weighted by Crippen LogP contribution is 2.37. The quantitative estimate of drug-likeness (QED) is 0.782. The van der Waals surface area contributed by atoms with Crippen molar-refractivity contribution in [1.82, 2.24) is 19.5 Å². The number of hydrogen-bond donors (Lipinski definition) is 1. The second-order valence-electron chi connectivity index (χ2n) is 6.51. The van der Waals surface area contributed by atoms with E-state index < -0.39 is 6.10 Å². The van der Waals surface area contributed by atoms with Crippen LogP contribution in [-0.2, 0) is 0 Å². The molecule has 0 radical (unpaired) electrons. The number of aliphatic hydroxyl groups excluding tert-OH is 1. The molecule has 0 aromatic carbocycles. The molecule has 1 aliphatic carbocycles. The van der Waals surface area contributed by atoms with Crippen molar-refractivity contribution in [2.24, 2.45) is 5.92 Å². The Morgan fingerprint density at radius 3 is 2.75 bits per heavy atom. The molecule has 1 atom stereocenters. The molecule has 3 aromatic rings. The number of nitrogens with zero attached hydrogens (tertiary/aromatic N) is 5. The molecule has 0 amide bonds. The van der Waals surface area contributed by atoms with Gasteiger partial charge in [-0.25, -0.2) is 4.98 Å². The van der Waals surface area contributed by atoms with Crippen molar-refractivity contribution in [3.8, 4) is 6.07 Å². The molecule has 3 heterocycles. The summed E-state index contributed by atoms with van der Waals surface area (Å²) in [4.78, 5) is 13.6. The van der Waals surface area contributed by atoms with E-state index in [0.717, 1.165) is 47.8 Å². The smallest absolute Gasteiger partial charge is 0.138 e. The maximum Gasteiger partial charge on any atom is 0.138 e. The molecule has 1 fully saturated rings. The molecule has 0 saturated heterocycles. The van der Waals surface area contributed by atoms with E-state index in [2.05, 4.69) is 25.6 Å². The number of imidazole rings is 1. The standard InChI is InChI=1S/C18H19N5O/c1-11(24)18-22-15-10-21-14-3-2-8-20-16(14)17(15)23(18)13-6-4-12(9-19)5-7-13/h2-3,8,10-13,24H,4-7H2,1H3. The average Bonchev–Trinajstić information content (AvgIpc) is 3.02. The Kier molecular flexibility index (Phi) is 3.66. The summed E-state index contributed by atoms with van der Waals surface area (Å²) >= 11 is 0. The van der Waals surface area contributed by atoms with Gasteiger partial charge in [-0.1, -0.05) is 0 Å². The van der Waals surface area contributed by atoms with Crippen LogP contribution in [0.15, 0.2) is 24.5 Å². The molecular formula is C18H19N5O. The molecule has 6 heteroatoms. The number of aromatic nitrogens is 4. The van der Waals surface area contributed by atoms with E-state index in [1.54, 1.807) is 19.3 Å². The van der Waals surface area contributed by atoms with Gasteiger partial charge in [-0.3, -0.25) is 9.97 Å². The van der Waals surface area contributed by atoms with Crippen LogP contribution in [0.5, 0.6) is 0 Å². The van der Waals surface area contributed by atoms with Gasteiger partial charge in [0.25, 0.3) is 0 Å². The zero-order valence-electron chi connectivity index (χ0n) is 13.6. The molecule has 1 unspecified atom stereocenters. The molecule has 122 valence electrons. The first-order chi connectivity index (χ1) is 11.7. The molecule has 1 N–H and O–H groups in total. The number of rotatable bonds is 2. The van der Waals surface area contributed by atoms with Gasteiger partial charge < -0.3 is 9.67 Å². The lowest BCUT2D eigenvalue weighted by molar-refractivity contribution is 0.177. The van der Waals surface area contributed by atoms with E-state index in [9.17, 15) is 5.11 Å². The topological polar surface area (TPSA) is 87.6 Å². The Morgan fingerprint density at radius 2 is 2.04 bits per heavy atom. The summed E-state index contributed by atoms with van der Waals surface area (Å²) in [6.45, 7) is 1.74. The third kappa shape index (κ3) is 2.33. The van der Waals surface area contributed by atoms with Gasteiger partial charge in [-0.15, -0.1) is 0 Å². The second kappa shape index (κ2) is 5.84. The van der Waals surface area contributed by atoms with E-state index in [1.807, 2.05) is 12.1 Å². The van der Waals surface area contributed by atoms with E-state index in [4.69, 9.17) is 5.26 Å². The van der Waals surface area contributed by atoms with Gasteiger partial charge in [0.05, 0.1) is 23.3 Å². The van der Waals surface area contributed by atoms with Gasteiger partial charge in [0, 0.05) is 18.2 Å². The maximum atomic E-state index is 10.2. The Balaban J connectivity index is 1.93. The fourth-order valence-electron chi connectivity index (χ4n) is 3.74. The van der Waals surface area contributed by atoms with Gasteiger partial charge in [-0.05, 0) is 44.7 Å². The summed E-state index contributed by atoms with van der Waals surface area (Å²) in [5.74, 6) is 0.799. The highest BCUT2D eigenvalue weighted by atomic mass is 16.3. The summed E-state index contributed by atoms with van der Waals surface area (Å²) in [7, 11) is 0. The van der Waals surface area contributed by atoms with Crippen molar-refractivity contribution >= 4 is 22.1 Å². The summed E-state index contributed by atoms with van der Waals surface area (Å²) in [5, 5.41) is 19.4. The van der Waals surface area contributed by atoms with E-state index in [-0.39, 0.29) is 12.0 Å². The molecule has 3 aromatic heterocycles. The van der Waals surface area contributed by atoms with Crippen LogP contribution in [0.4, 0.5) is 0 Å². The lowest BCUT2D eigenvalue weighted by Crippen LogP contribution is -2.20. The average molecular weight is 321 g/mol. The Bertz CT molecular complexity index is 932. The van der Waals surface area contributed by atoms with Gasteiger partial charge in [0.2, 0.25) is 0 Å². The van der Waals surface area contributed by atoms with Crippen LogP contribution >= 0.6 is 0 Å². The van der Waals surface area contributed by atoms with Crippen molar-refractivity contribution in [1.29, 1.82) is 5.26 Å². The normalized spacial score (nSPS) is 22.5. The zero-order chi connectivity index (χ0) is 16.7. The number of nitriles is 1. The minimum atomic E-state index is -0.662. The Labute approximate surface area is 139 Å². The molecular weight excluding hydrogens is 302 g/mol. The van der Waals surface area contributed by atoms with Crippen LogP contribution in [0.25, 0.3) is 22.1 Å². The molecule has 6 nitrogen and oxygen atoms in total. The van der Waals surface area contributed by atoms with Crippen molar-refractivity contribution < 1.29 is 5.11 Å². The number of pyridine rings is 2. The van der Waals surface area contributed by atoms with Crippen LogP contribution in [0.3, 0.4) is 0 Å². The predicted molar refractivity (Wildman–Crippen MR) is 90.1 cm³/mol. The van der Waals surface area contributed by atoms with E-state index in [0.29, 0.717) is 5.82 Å². The van der Waals surface area contributed by atoms with Crippen LogP contribution in [-0.4, -0.2) is 24.6 Å². The summed E-state index contributed by atoms with van der Waals surface area (Å²) in [5.41, 5.74) is 3.35. The van der Waals surface area contributed by atoms with Crippen LogP contribution in [0, 0.1) is 17.2 Å². The highest BCUT2D eigenvalue weighted by Gasteiger charge is 2.28. The first-order valence-corrected chi connectivity index (χ1v) is 8.38. The molecule has 1 aliphatic rings. The fraction of sp³-hybridized carbons (Fsp3) is 0.444. The van der Waals surface area contributed by atoms with Gasteiger partial charge >= 0.3 is 0 Å². The van der Waals surface area contributed by atoms with Crippen LogP contribution < -0.4 is 0 Å². The van der Waals surface area contributed by atoms with Crippen molar-refractivity contribution in [3.63, 3.8) is 0 Å². The molecule has 0 spiro atoms. The van der Waals surface area contributed by atoms with Crippen LogP contribution in [0.2, 0.25) is 0 Å². The monoisotopic (exact) mass is 321 g/mol. The third-order valence-electron chi connectivity index (χ3n) is 4.92. The molecule has 24 heavy (non-hydrogen) atoms. The summed E-state index contributed by atoms with van der Waals surface area (Å²) < 4.78 is 2.14. The van der Waals surface area contributed by atoms with E-state index in [1.165, 1.54) is 0 Å². The van der Waals surface area contributed by atoms with Crippen molar-refractivity contribution in [2.45, 2.75) is 44.8 Å².